The molecule has 2 heterocycles. The minimum absolute atomic E-state index is 0. The number of aromatic carboxylic acids is 1. The van der Waals surface area contributed by atoms with Gasteiger partial charge >= 0.3 is 18.9 Å². The Kier molecular flexibility index (Phi) is 2.94. The number of carbonyl (C=O) groups is 1. The predicted molar refractivity (Wildman–Crippen MR) is 42.1 cm³/mol. The zero-order valence-electron chi connectivity index (χ0n) is 7.89. The van der Waals surface area contributed by atoms with Crippen LogP contribution in [0.25, 0.3) is 5.65 Å². The van der Waals surface area contributed by atoms with Crippen molar-refractivity contribution in [1.29, 1.82) is 0 Å². The summed E-state index contributed by atoms with van der Waals surface area (Å²) in [4.78, 5) is 10.6. The largest absolute Gasteiger partial charge is 1.00 e. The van der Waals surface area contributed by atoms with E-state index in [2.05, 4.69) is 10.2 Å². The number of aryl methyl sites for hydroxylation is 1. The van der Waals surface area contributed by atoms with E-state index in [-0.39, 0.29) is 24.7 Å². The average Bonchev–Trinajstić information content (AvgIpc) is 2.46. The summed E-state index contributed by atoms with van der Waals surface area (Å²) < 4.78 is 1.39. The van der Waals surface area contributed by atoms with Crippen molar-refractivity contribution in [3.05, 3.63) is 29.7 Å². The Morgan fingerprint density at radius 3 is 2.79 bits per heavy atom. The minimum Gasteiger partial charge on any atom is -0.541 e. The van der Waals surface area contributed by atoms with Crippen LogP contribution in [0, 0.1) is 6.92 Å². The molecule has 0 fully saturated rings. The first-order valence-electron chi connectivity index (χ1n) is 3.71. The van der Waals surface area contributed by atoms with Crippen LogP contribution < -0.4 is 24.0 Å². The van der Waals surface area contributed by atoms with Crippen molar-refractivity contribution in [3.8, 4) is 0 Å². The fourth-order valence-electron chi connectivity index (χ4n) is 1.14. The smallest absolute Gasteiger partial charge is 0.541 e. The van der Waals surface area contributed by atoms with Crippen LogP contribution in [-0.4, -0.2) is 20.6 Å². The molecule has 2 aromatic rings. The van der Waals surface area contributed by atoms with Gasteiger partial charge in [-0.1, -0.05) is 6.07 Å². The Balaban J connectivity index is 0.000000980. The monoisotopic (exact) mass is 183 g/mol. The fraction of sp³-hybridized carbons (Fsp3) is 0.125. The Morgan fingerprint density at radius 2 is 2.14 bits per heavy atom. The number of aromatic nitrogens is 3. The van der Waals surface area contributed by atoms with Crippen LogP contribution in [0.3, 0.4) is 0 Å². The molecular formula is C8H6LiN3O2. The van der Waals surface area contributed by atoms with Crippen molar-refractivity contribution in [3.63, 3.8) is 0 Å². The SMILES string of the molecule is Cc1ccc2nnc(C(=O)[O-])n2c1.[Li+]. The second-order valence-electron chi connectivity index (χ2n) is 2.75. The quantitative estimate of drug-likeness (QED) is 0.428. The normalized spacial score (nSPS) is 9.79. The van der Waals surface area contributed by atoms with Crippen molar-refractivity contribution in [2.24, 2.45) is 0 Å². The number of hydrogen-bond donors (Lipinski definition) is 0. The Hall–Kier alpha value is -1.31. The second kappa shape index (κ2) is 3.82. The van der Waals surface area contributed by atoms with Crippen LogP contribution in [0.1, 0.15) is 16.2 Å². The molecule has 2 rings (SSSR count). The van der Waals surface area contributed by atoms with Gasteiger partial charge in [0, 0.05) is 6.20 Å². The van der Waals surface area contributed by atoms with E-state index in [9.17, 15) is 9.90 Å². The zero-order valence-corrected chi connectivity index (χ0v) is 7.89. The van der Waals surface area contributed by atoms with Gasteiger partial charge in [0.25, 0.3) is 0 Å². The van der Waals surface area contributed by atoms with E-state index in [1.165, 1.54) is 4.40 Å². The number of pyridine rings is 1. The molecule has 66 valence electrons. The Labute approximate surface area is 91.9 Å². The third-order valence-corrected chi connectivity index (χ3v) is 1.73. The molecule has 0 atom stereocenters. The van der Waals surface area contributed by atoms with E-state index >= 15 is 0 Å². The first kappa shape index (κ1) is 10.8. The van der Waals surface area contributed by atoms with Crippen molar-refractivity contribution in [2.45, 2.75) is 6.92 Å². The van der Waals surface area contributed by atoms with Gasteiger partial charge in [-0.25, -0.2) is 0 Å². The van der Waals surface area contributed by atoms with Gasteiger partial charge in [-0.3, -0.25) is 4.40 Å². The van der Waals surface area contributed by atoms with Crippen LogP contribution in [0.4, 0.5) is 0 Å². The number of carboxylic acid groups (broad SMARTS) is 1. The molecular weight excluding hydrogens is 177 g/mol. The van der Waals surface area contributed by atoms with Crippen molar-refractivity contribution in [2.75, 3.05) is 0 Å². The second-order valence-corrected chi connectivity index (χ2v) is 2.75. The summed E-state index contributed by atoms with van der Waals surface area (Å²) in [6, 6.07) is 3.54. The van der Waals surface area contributed by atoms with E-state index in [0.717, 1.165) is 5.56 Å². The molecule has 5 nitrogen and oxygen atoms in total. The van der Waals surface area contributed by atoms with Gasteiger partial charge in [0.15, 0.2) is 11.5 Å². The van der Waals surface area contributed by atoms with Crippen molar-refractivity contribution >= 4 is 11.6 Å². The number of carboxylic acids is 1. The zero-order chi connectivity index (χ0) is 9.42. The van der Waals surface area contributed by atoms with Gasteiger partial charge in [-0.2, -0.15) is 0 Å². The molecule has 0 unspecified atom stereocenters. The van der Waals surface area contributed by atoms with Crippen LogP contribution in [0.2, 0.25) is 0 Å². The molecule has 0 aliphatic carbocycles. The third-order valence-electron chi connectivity index (χ3n) is 1.73. The molecule has 0 radical (unpaired) electrons. The first-order valence-corrected chi connectivity index (χ1v) is 3.71. The van der Waals surface area contributed by atoms with E-state index in [0.29, 0.717) is 5.65 Å². The molecule has 0 spiro atoms. The summed E-state index contributed by atoms with van der Waals surface area (Å²) in [7, 11) is 0. The topological polar surface area (TPSA) is 70.3 Å². The van der Waals surface area contributed by atoms with Gasteiger partial charge in [0.05, 0.1) is 0 Å². The van der Waals surface area contributed by atoms with Crippen molar-refractivity contribution < 1.29 is 28.8 Å². The molecule has 0 saturated heterocycles. The molecule has 0 bridgehead atoms. The number of hydrogen-bond acceptors (Lipinski definition) is 4. The molecule has 6 heteroatoms. The number of carbonyl (C=O) groups excluding carboxylic acids is 1. The molecule has 14 heavy (non-hydrogen) atoms. The standard InChI is InChI=1S/C8H7N3O2.Li/c1-5-2-3-6-9-10-7(8(12)13)11(6)4-5;/h2-4H,1H3,(H,12,13);/q;+1/p-1. The summed E-state index contributed by atoms with van der Waals surface area (Å²) >= 11 is 0. The van der Waals surface area contributed by atoms with Gasteiger partial charge in [-0.15, -0.1) is 10.2 Å². The molecule has 0 aliphatic heterocycles. The number of nitrogens with zero attached hydrogens (tertiary/aromatic N) is 3. The Bertz CT molecular complexity index is 480. The minimum atomic E-state index is -1.32. The summed E-state index contributed by atoms with van der Waals surface area (Å²) in [6.07, 6.45) is 1.65. The van der Waals surface area contributed by atoms with E-state index in [1.807, 2.05) is 13.0 Å². The van der Waals surface area contributed by atoms with Crippen molar-refractivity contribution in [1.82, 2.24) is 14.6 Å². The van der Waals surface area contributed by atoms with Crippen LogP contribution in [-0.2, 0) is 0 Å². The maximum atomic E-state index is 10.6. The van der Waals surface area contributed by atoms with Crippen LogP contribution >= 0.6 is 0 Å². The molecule has 2 aromatic heterocycles. The predicted octanol–water partition coefficient (Wildman–Crippen LogP) is -3.59. The number of rotatable bonds is 1. The Morgan fingerprint density at radius 1 is 1.43 bits per heavy atom. The average molecular weight is 183 g/mol. The van der Waals surface area contributed by atoms with Gasteiger partial charge in [-0.05, 0) is 18.6 Å². The molecule has 0 saturated carbocycles. The summed E-state index contributed by atoms with van der Waals surface area (Å²) in [5.41, 5.74) is 1.44. The van der Waals surface area contributed by atoms with E-state index in [1.54, 1.807) is 12.3 Å². The van der Waals surface area contributed by atoms with Crippen LogP contribution in [0.15, 0.2) is 18.3 Å². The van der Waals surface area contributed by atoms with Crippen LogP contribution in [0.5, 0.6) is 0 Å². The van der Waals surface area contributed by atoms with Gasteiger partial charge < -0.3 is 9.90 Å². The molecule has 0 aliphatic rings. The maximum Gasteiger partial charge on any atom is 1.00 e. The summed E-state index contributed by atoms with van der Waals surface area (Å²) in [5, 5.41) is 17.7. The van der Waals surface area contributed by atoms with E-state index in [4.69, 9.17) is 0 Å². The fourth-order valence-corrected chi connectivity index (χ4v) is 1.14. The molecule has 0 aromatic carbocycles. The first-order chi connectivity index (χ1) is 6.18. The van der Waals surface area contributed by atoms with Gasteiger partial charge in [0.1, 0.15) is 5.97 Å². The maximum absolute atomic E-state index is 10.6. The molecule has 0 N–H and O–H groups in total. The third kappa shape index (κ3) is 1.65. The molecule has 0 amide bonds. The van der Waals surface area contributed by atoms with Gasteiger partial charge in [0.2, 0.25) is 0 Å². The summed E-state index contributed by atoms with van der Waals surface area (Å²) in [6.45, 7) is 1.86. The number of fused-ring (bicyclic) bond motifs is 1. The van der Waals surface area contributed by atoms with E-state index < -0.39 is 5.97 Å². The summed E-state index contributed by atoms with van der Waals surface area (Å²) in [5.74, 6) is -1.49.